The topological polar surface area (TPSA) is 12.9 Å². The maximum atomic E-state index is 4.49. The first-order valence-electron chi connectivity index (χ1n) is 4.01. The van der Waals surface area contributed by atoms with E-state index in [1.165, 1.54) is 17.1 Å². The van der Waals surface area contributed by atoms with E-state index in [0.717, 1.165) is 5.92 Å². The van der Waals surface area contributed by atoms with Crippen LogP contribution in [0.5, 0.6) is 0 Å². The molecule has 1 aliphatic carbocycles. The normalized spacial score (nSPS) is 27.0. The Hall–Kier alpha value is -0.370. The molecule has 0 N–H and O–H groups in total. The summed E-state index contributed by atoms with van der Waals surface area (Å²) in [4.78, 5) is 4.49. The van der Waals surface area contributed by atoms with Crippen molar-refractivity contribution >= 4 is 11.3 Å². The minimum absolute atomic E-state index is 0.528. The number of aryl methyl sites for hydroxylation is 1. The van der Waals surface area contributed by atoms with Crippen LogP contribution in [-0.4, -0.2) is 4.98 Å². The fraction of sp³-hybridized carbons (Fsp3) is 0.667. The molecule has 1 aliphatic rings. The first-order chi connectivity index (χ1) is 5.09. The molecule has 2 heteroatoms. The van der Waals surface area contributed by atoms with Crippen LogP contribution in [0.15, 0.2) is 5.38 Å². The third-order valence-corrected chi connectivity index (χ3v) is 3.30. The summed E-state index contributed by atoms with van der Waals surface area (Å²) in [5.41, 5.74) is 1.85. The third kappa shape index (κ3) is 1.20. The van der Waals surface area contributed by atoms with Gasteiger partial charge < -0.3 is 0 Å². The molecule has 0 bridgehead atoms. The van der Waals surface area contributed by atoms with Crippen molar-refractivity contribution in [2.75, 3.05) is 0 Å². The van der Waals surface area contributed by atoms with Gasteiger partial charge in [-0.15, -0.1) is 11.3 Å². The van der Waals surface area contributed by atoms with Gasteiger partial charge in [0.1, 0.15) is 0 Å². The highest BCUT2D eigenvalue weighted by Gasteiger charge is 2.47. The van der Waals surface area contributed by atoms with E-state index >= 15 is 0 Å². The largest absolute Gasteiger partial charge is 0.246 e. The Balaban J connectivity index is 2.20. The van der Waals surface area contributed by atoms with Gasteiger partial charge in [-0.25, -0.2) is 4.98 Å². The molecule has 1 aromatic heterocycles. The first-order valence-corrected chi connectivity index (χ1v) is 4.89. The highest BCUT2D eigenvalue weighted by molar-refractivity contribution is 7.09. The molecule has 1 aromatic rings. The van der Waals surface area contributed by atoms with Gasteiger partial charge in [-0.3, -0.25) is 0 Å². The van der Waals surface area contributed by atoms with Crippen LogP contribution in [0, 0.1) is 12.3 Å². The van der Waals surface area contributed by atoms with Crippen LogP contribution >= 0.6 is 11.3 Å². The van der Waals surface area contributed by atoms with Gasteiger partial charge in [0.2, 0.25) is 0 Å². The quantitative estimate of drug-likeness (QED) is 0.626. The van der Waals surface area contributed by atoms with Crippen molar-refractivity contribution in [2.45, 2.75) is 33.1 Å². The number of nitrogens with zero attached hydrogens (tertiary/aromatic N) is 1. The molecule has 1 heterocycles. The zero-order valence-corrected chi connectivity index (χ0v) is 8.03. The van der Waals surface area contributed by atoms with Gasteiger partial charge in [0.15, 0.2) is 0 Å². The number of hydrogen-bond acceptors (Lipinski definition) is 2. The van der Waals surface area contributed by atoms with Crippen LogP contribution in [0.25, 0.3) is 0 Å². The van der Waals surface area contributed by atoms with Crippen molar-refractivity contribution in [1.82, 2.24) is 4.98 Å². The molecule has 0 amide bonds. The van der Waals surface area contributed by atoms with Gasteiger partial charge in [-0.1, -0.05) is 13.8 Å². The summed E-state index contributed by atoms with van der Waals surface area (Å²) in [7, 11) is 0. The standard InChI is InChI=1S/C9H13NS/c1-6-10-8(5-11-6)7-4-9(7,2)3/h5,7H,4H2,1-3H3. The van der Waals surface area contributed by atoms with E-state index in [0.29, 0.717) is 5.41 Å². The molecule has 0 saturated heterocycles. The average molecular weight is 167 g/mol. The highest BCUT2D eigenvalue weighted by atomic mass is 32.1. The average Bonchev–Trinajstić information content (AvgIpc) is 2.39. The molecule has 0 radical (unpaired) electrons. The molecule has 1 nitrogen and oxygen atoms in total. The Bertz CT molecular complexity index is 275. The van der Waals surface area contributed by atoms with Crippen molar-refractivity contribution in [3.05, 3.63) is 16.1 Å². The Morgan fingerprint density at radius 2 is 2.27 bits per heavy atom. The van der Waals surface area contributed by atoms with E-state index in [1.807, 2.05) is 0 Å². The Morgan fingerprint density at radius 3 is 2.64 bits per heavy atom. The van der Waals surface area contributed by atoms with E-state index < -0.39 is 0 Å². The predicted molar refractivity (Wildman–Crippen MR) is 48.0 cm³/mol. The van der Waals surface area contributed by atoms with Gasteiger partial charge in [-0.2, -0.15) is 0 Å². The molecule has 60 valence electrons. The second-order valence-electron chi connectivity index (χ2n) is 4.04. The van der Waals surface area contributed by atoms with Crippen LogP contribution in [0.3, 0.4) is 0 Å². The van der Waals surface area contributed by atoms with Gasteiger partial charge in [-0.05, 0) is 18.8 Å². The molecular formula is C9H13NS. The van der Waals surface area contributed by atoms with Crippen molar-refractivity contribution in [3.8, 4) is 0 Å². The molecule has 1 atom stereocenters. The van der Waals surface area contributed by atoms with Crippen LogP contribution in [0.1, 0.15) is 36.9 Å². The monoisotopic (exact) mass is 167 g/mol. The first kappa shape index (κ1) is 7.29. The molecule has 1 fully saturated rings. The third-order valence-electron chi connectivity index (χ3n) is 2.51. The van der Waals surface area contributed by atoms with E-state index in [1.54, 1.807) is 11.3 Å². The lowest BCUT2D eigenvalue weighted by Crippen LogP contribution is -1.89. The van der Waals surface area contributed by atoms with E-state index in [2.05, 4.69) is 31.1 Å². The number of rotatable bonds is 1. The molecular weight excluding hydrogens is 154 g/mol. The zero-order chi connectivity index (χ0) is 8.06. The minimum Gasteiger partial charge on any atom is -0.246 e. The SMILES string of the molecule is Cc1nc(C2CC2(C)C)cs1. The van der Waals surface area contributed by atoms with Crippen molar-refractivity contribution in [3.63, 3.8) is 0 Å². The van der Waals surface area contributed by atoms with E-state index in [-0.39, 0.29) is 0 Å². The predicted octanol–water partition coefficient (Wildman–Crippen LogP) is 2.97. The second kappa shape index (κ2) is 2.07. The van der Waals surface area contributed by atoms with Crippen LogP contribution in [0.2, 0.25) is 0 Å². The maximum absolute atomic E-state index is 4.49. The lowest BCUT2D eigenvalue weighted by atomic mass is 10.1. The summed E-state index contributed by atoms with van der Waals surface area (Å²) in [5, 5.41) is 3.40. The van der Waals surface area contributed by atoms with Gasteiger partial charge >= 0.3 is 0 Å². The summed E-state index contributed by atoms with van der Waals surface area (Å²) in [5.74, 6) is 0.743. The molecule has 0 aromatic carbocycles. The molecule has 1 unspecified atom stereocenters. The summed E-state index contributed by atoms with van der Waals surface area (Å²) in [6, 6.07) is 0. The van der Waals surface area contributed by atoms with Gasteiger partial charge in [0, 0.05) is 11.3 Å². The van der Waals surface area contributed by atoms with Crippen LogP contribution < -0.4 is 0 Å². The molecule has 2 rings (SSSR count). The lowest BCUT2D eigenvalue weighted by molar-refractivity contribution is 0.617. The van der Waals surface area contributed by atoms with E-state index in [4.69, 9.17) is 0 Å². The smallest absolute Gasteiger partial charge is 0.0897 e. The van der Waals surface area contributed by atoms with Gasteiger partial charge in [0.05, 0.1) is 10.7 Å². The Labute approximate surface area is 71.5 Å². The molecule has 11 heavy (non-hydrogen) atoms. The van der Waals surface area contributed by atoms with Crippen LogP contribution in [-0.2, 0) is 0 Å². The minimum atomic E-state index is 0.528. The highest BCUT2D eigenvalue weighted by Crippen LogP contribution is 2.58. The van der Waals surface area contributed by atoms with Gasteiger partial charge in [0.25, 0.3) is 0 Å². The van der Waals surface area contributed by atoms with Crippen molar-refractivity contribution in [2.24, 2.45) is 5.41 Å². The Morgan fingerprint density at radius 1 is 1.64 bits per heavy atom. The fourth-order valence-corrected chi connectivity index (χ4v) is 2.18. The van der Waals surface area contributed by atoms with Crippen molar-refractivity contribution in [1.29, 1.82) is 0 Å². The fourth-order valence-electron chi connectivity index (χ4n) is 1.51. The summed E-state index contributed by atoms with van der Waals surface area (Å²) >= 11 is 1.76. The number of aromatic nitrogens is 1. The van der Waals surface area contributed by atoms with E-state index in [9.17, 15) is 0 Å². The number of hydrogen-bond donors (Lipinski definition) is 0. The summed E-state index contributed by atoms with van der Waals surface area (Å²) < 4.78 is 0. The second-order valence-corrected chi connectivity index (χ2v) is 5.10. The summed E-state index contributed by atoms with van der Waals surface area (Å²) in [6.07, 6.45) is 1.32. The molecule has 0 aliphatic heterocycles. The number of thiazole rings is 1. The molecule has 0 spiro atoms. The maximum Gasteiger partial charge on any atom is 0.0897 e. The Kier molecular flexibility index (Phi) is 1.37. The summed E-state index contributed by atoms with van der Waals surface area (Å²) in [6.45, 7) is 6.70. The lowest BCUT2D eigenvalue weighted by Gasteiger charge is -1.97. The van der Waals surface area contributed by atoms with Crippen LogP contribution in [0.4, 0.5) is 0 Å². The zero-order valence-electron chi connectivity index (χ0n) is 7.22. The molecule has 1 saturated carbocycles. The van der Waals surface area contributed by atoms with Crippen molar-refractivity contribution < 1.29 is 0 Å².